The minimum atomic E-state index is -4.72. The largest absolute Gasteiger partial charge is 0.573 e. The van der Waals surface area contributed by atoms with Crippen LogP contribution in [0, 0.1) is 5.92 Å². The lowest BCUT2D eigenvalue weighted by Crippen LogP contribution is -2.48. The molecule has 1 amide bonds. The van der Waals surface area contributed by atoms with E-state index >= 15 is 0 Å². The van der Waals surface area contributed by atoms with Crippen LogP contribution in [0.3, 0.4) is 0 Å². The van der Waals surface area contributed by atoms with Crippen molar-refractivity contribution >= 4 is 11.6 Å². The second-order valence-electron chi connectivity index (χ2n) is 5.11. The molecule has 1 aromatic carbocycles. The van der Waals surface area contributed by atoms with E-state index in [0.717, 1.165) is 19.4 Å². The monoisotopic (exact) mass is 302 g/mol. The number of carbonyl (C=O) groups excluding carboxylic acids is 1. The van der Waals surface area contributed by atoms with Gasteiger partial charge in [0.25, 0.3) is 0 Å². The van der Waals surface area contributed by atoms with Gasteiger partial charge in [0.1, 0.15) is 5.75 Å². The molecule has 1 saturated heterocycles. The summed E-state index contributed by atoms with van der Waals surface area (Å²) >= 11 is 0. The van der Waals surface area contributed by atoms with Crippen LogP contribution in [0.1, 0.15) is 19.8 Å². The summed E-state index contributed by atoms with van der Waals surface area (Å²) in [5, 5.41) is 5.84. The first-order valence-electron chi connectivity index (χ1n) is 6.75. The number of hydrogen-bond donors (Lipinski definition) is 2. The highest BCUT2D eigenvalue weighted by atomic mass is 19.4. The number of rotatable bonds is 3. The Labute approximate surface area is 120 Å². The Balaban J connectivity index is 1.95. The minimum absolute atomic E-state index is 0.174. The third kappa shape index (κ3) is 4.63. The van der Waals surface area contributed by atoms with Gasteiger partial charge in [-0.05, 0) is 49.6 Å². The van der Waals surface area contributed by atoms with E-state index in [2.05, 4.69) is 15.4 Å². The van der Waals surface area contributed by atoms with Crippen molar-refractivity contribution in [3.8, 4) is 5.75 Å². The molecule has 1 aliphatic heterocycles. The van der Waals surface area contributed by atoms with Crippen LogP contribution < -0.4 is 15.4 Å². The number of amides is 1. The topological polar surface area (TPSA) is 50.4 Å². The van der Waals surface area contributed by atoms with Crippen molar-refractivity contribution in [1.82, 2.24) is 5.32 Å². The molecular formula is C14H17F3N2O2. The minimum Gasteiger partial charge on any atom is -0.406 e. The lowest BCUT2D eigenvalue weighted by molar-refractivity contribution is -0.274. The van der Waals surface area contributed by atoms with Gasteiger partial charge in [0.2, 0.25) is 5.91 Å². The fraction of sp³-hybridized carbons (Fsp3) is 0.500. The Morgan fingerprint density at radius 2 is 2.00 bits per heavy atom. The van der Waals surface area contributed by atoms with Crippen molar-refractivity contribution in [2.75, 3.05) is 11.9 Å². The summed E-state index contributed by atoms with van der Waals surface area (Å²) < 4.78 is 39.9. The summed E-state index contributed by atoms with van der Waals surface area (Å²) in [7, 11) is 0. The van der Waals surface area contributed by atoms with E-state index in [0.29, 0.717) is 5.69 Å². The van der Waals surface area contributed by atoms with Gasteiger partial charge in [-0.3, -0.25) is 4.79 Å². The second-order valence-corrected chi connectivity index (χ2v) is 5.11. The van der Waals surface area contributed by atoms with E-state index in [1.165, 1.54) is 24.3 Å². The third-order valence-corrected chi connectivity index (χ3v) is 3.41. The smallest absolute Gasteiger partial charge is 0.406 e. The number of carbonyl (C=O) groups is 1. The first-order valence-corrected chi connectivity index (χ1v) is 6.75. The molecule has 1 heterocycles. The molecule has 21 heavy (non-hydrogen) atoms. The summed E-state index contributed by atoms with van der Waals surface area (Å²) in [4.78, 5) is 12.1. The number of piperidine rings is 1. The number of halogens is 3. The normalized spacial score (nSPS) is 22.7. The zero-order chi connectivity index (χ0) is 15.5. The number of hydrogen-bond acceptors (Lipinski definition) is 3. The summed E-state index contributed by atoms with van der Waals surface area (Å²) in [5.41, 5.74) is 0.439. The Kier molecular flexibility index (Phi) is 4.72. The Morgan fingerprint density at radius 1 is 1.33 bits per heavy atom. The molecule has 1 aromatic rings. The molecule has 2 atom stereocenters. The maximum absolute atomic E-state index is 12.1. The van der Waals surface area contributed by atoms with Gasteiger partial charge in [0.15, 0.2) is 0 Å². The first-order chi connectivity index (χ1) is 9.85. The molecule has 2 N–H and O–H groups in total. The SMILES string of the molecule is CC1CCCNC1C(=O)Nc1ccc(OC(F)(F)F)cc1. The van der Waals surface area contributed by atoms with E-state index in [1.54, 1.807) is 0 Å². The molecule has 0 aliphatic carbocycles. The molecule has 0 spiro atoms. The number of alkyl halides is 3. The van der Waals surface area contributed by atoms with Crippen LogP contribution >= 0.6 is 0 Å². The molecule has 1 aliphatic rings. The summed E-state index contributed by atoms with van der Waals surface area (Å²) in [6.45, 7) is 2.79. The molecule has 0 aromatic heterocycles. The van der Waals surface area contributed by atoms with Crippen molar-refractivity contribution in [2.45, 2.75) is 32.2 Å². The highest BCUT2D eigenvalue weighted by Gasteiger charge is 2.31. The summed E-state index contributed by atoms with van der Waals surface area (Å²) in [6.07, 6.45) is -2.70. The molecule has 0 radical (unpaired) electrons. The molecule has 0 saturated carbocycles. The molecule has 2 rings (SSSR count). The van der Waals surface area contributed by atoms with Crippen molar-refractivity contribution in [3.05, 3.63) is 24.3 Å². The van der Waals surface area contributed by atoms with Gasteiger partial charge in [-0.2, -0.15) is 0 Å². The van der Waals surface area contributed by atoms with Gasteiger partial charge in [0, 0.05) is 5.69 Å². The fourth-order valence-electron chi connectivity index (χ4n) is 2.36. The van der Waals surface area contributed by atoms with Gasteiger partial charge < -0.3 is 15.4 Å². The van der Waals surface area contributed by atoms with Crippen molar-refractivity contribution in [3.63, 3.8) is 0 Å². The maximum atomic E-state index is 12.1. The predicted molar refractivity (Wildman–Crippen MR) is 71.9 cm³/mol. The number of anilines is 1. The third-order valence-electron chi connectivity index (χ3n) is 3.41. The molecule has 1 fully saturated rings. The Hall–Kier alpha value is -1.76. The Bertz CT molecular complexity index is 488. The highest BCUT2D eigenvalue weighted by molar-refractivity contribution is 5.95. The van der Waals surface area contributed by atoms with Crippen LogP contribution in [0.4, 0.5) is 18.9 Å². The van der Waals surface area contributed by atoms with Gasteiger partial charge in [-0.1, -0.05) is 6.92 Å². The van der Waals surface area contributed by atoms with Crippen molar-refractivity contribution < 1.29 is 22.7 Å². The second kappa shape index (κ2) is 6.34. The zero-order valence-electron chi connectivity index (χ0n) is 11.5. The van der Waals surface area contributed by atoms with Crippen molar-refractivity contribution in [2.24, 2.45) is 5.92 Å². The van der Waals surface area contributed by atoms with E-state index in [4.69, 9.17) is 0 Å². The van der Waals surface area contributed by atoms with Crippen LogP contribution in [0.5, 0.6) is 5.75 Å². The zero-order valence-corrected chi connectivity index (χ0v) is 11.5. The van der Waals surface area contributed by atoms with Crippen LogP contribution in [0.15, 0.2) is 24.3 Å². The van der Waals surface area contributed by atoms with E-state index < -0.39 is 6.36 Å². The average molecular weight is 302 g/mol. The van der Waals surface area contributed by atoms with Crippen LogP contribution in [0.25, 0.3) is 0 Å². The van der Waals surface area contributed by atoms with Gasteiger partial charge in [-0.15, -0.1) is 13.2 Å². The van der Waals surface area contributed by atoms with E-state index in [-0.39, 0.29) is 23.6 Å². The molecule has 7 heteroatoms. The Morgan fingerprint density at radius 3 is 2.57 bits per heavy atom. The number of benzene rings is 1. The highest BCUT2D eigenvalue weighted by Crippen LogP contribution is 2.24. The van der Waals surface area contributed by atoms with Gasteiger partial charge in [-0.25, -0.2) is 0 Å². The average Bonchev–Trinajstić information content (AvgIpc) is 2.40. The van der Waals surface area contributed by atoms with Crippen LogP contribution in [-0.2, 0) is 4.79 Å². The fourth-order valence-corrected chi connectivity index (χ4v) is 2.36. The quantitative estimate of drug-likeness (QED) is 0.902. The molecule has 2 unspecified atom stereocenters. The molecule has 0 bridgehead atoms. The lowest BCUT2D eigenvalue weighted by atomic mass is 9.92. The summed E-state index contributed by atoms with van der Waals surface area (Å²) in [5.74, 6) is -0.261. The standard InChI is InChI=1S/C14H17F3N2O2/c1-9-3-2-8-18-12(9)13(20)19-10-4-6-11(7-5-10)21-14(15,16)17/h4-7,9,12,18H,2-3,8H2,1H3,(H,19,20). The van der Waals surface area contributed by atoms with Gasteiger partial charge >= 0.3 is 6.36 Å². The predicted octanol–water partition coefficient (Wildman–Crippen LogP) is 2.91. The lowest BCUT2D eigenvalue weighted by Gasteiger charge is -2.28. The first kappa shape index (κ1) is 15.6. The van der Waals surface area contributed by atoms with Crippen LogP contribution in [0.2, 0.25) is 0 Å². The molecule has 116 valence electrons. The summed E-state index contributed by atoms with van der Waals surface area (Å²) in [6, 6.07) is 4.82. The van der Waals surface area contributed by atoms with Crippen molar-refractivity contribution in [1.29, 1.82) is 0 Å². The maximum Gasteiger partial charge on any atom is 0.573 e. The van der Waals surface area contributed by atoms with E-state index in [9.17, 15) is 18.0 Å². The molecule has 4 nitrogen and oxygen atoms in total. The molecular weight excluding hydrogens is 285 g/mol. The number of ether oxygens (including phenoxy) is 1. The van der Waals surface area contributed by atoms with E-state index in [1.807, 2.05) is 6.92 Å². The number of nitrogens with one attached hydrogen (secondary N) is 2. The van der Waals surface area contributed by atoms with Gasteiger partial charge in [0.05, 0.1) is 6.04 Å². The van der Waals surface area contributed by atoms with Crippen LogP contribution in [-0.4, -0.2) is 24.9 Å².